The highest BCUT2D eigenvalue weighted by Gasteiger charge is 2.22. The Hall–Kier alpha value is -6.16. The number of thiophene rings is 1. The van der Waals surface area contributed by atoms with Gasteiger partial charge in [0.05, 0.1) is 5.69 Å². The van der Waals surface area contributed by atoms with Gasteiger partial charge in [-0.2, -0.15) is 0 Å². The largest absolute Gasteiger partial charge is 0.456 e. The Labute approximate surface area is 287 Å². The van der Waals surface area contributed by atoms with Crippen LogP contribution in [0.25, 0.3) is 75.1 Å². The van der Waals surface area contributed by atoms with E-state index in [1.807, 2.05) is 23.5 Å². The van der Waals surface area contributed by atoms with Crippen LogP contribution in [-0.4, -0.2) is 0 Å². The summed E-state index contributed by atoms with van der Waals surface area (Å²) in [4.78, 5) is 2.43. The van der Waals surface area contributed by atoms with Crippen LogP contribution >= 0.6 is 11.3 Å². The molecule has 2 aromatic heterocycles. The zero-order valence-corrected chi connectivity index (χ0v) is 27.3. The van der Waals surface area contributed by atoms with Crippen molar-refractivity contribution >= 4 is 81.3 Å². The lowest BCUT2D eigenvalue weighted by atomic mass is 9.91. The Bertz CT molecular complexity index is 2840. The fourth-order valence-electron chi connectivity index (χ4n) is 7.36. The molecule has 0 unspecified atom stereocenters. The molecule has 0 fully saturated rings. The number of anilines is 3. The van der Waals surface area contributed by atoms with Gasteiger partial charge in [-0.15, -0.1) is 11.3 Å². The van der Waals surface area contributed by atoms with Crippen LogP contribution in [0.3, 0.4) is 0 Å². The standard InChI is InChI=1S/C46H29NOS/c1-2-12-31(13-3-1)46-36(33-22-25-38-37-15-6-8-19-42(37)48-43(38)28-33)17-10-18-41(46)47(34-23-21-30-11-4-5-14-32(30)27-34)35-24-26-45-40(29-35)39-16-7-9-20-44(39)49-45/h1-29H. The minimum Gasteiger partial charge on any atom is -0.456 e. The van der Waals surface area contributed by atoms with E-state index < -0.39 is 0 Å². The first-order valence-electron chi connectivity index (χ1n) is 16.6. The van der Waals surface area contributed by atoms with E-state index in [2.05, 4.69) is 169 Å². The van der Waals surface area contributed by atoms with Crippen molar-refractivity contribution in [2.24, 2.45) is 0 Å². The minimum atomic E-state index is 0.893. The van der Waals surface area contributed by atoms with Crippen molar-refractivity contribution in [3.05, 3.63) is 176 Å². The molecule has 0 amide bonds. The second kappa shape index (κ2) is 11.2. The van der Waals surface area contributed by atoms with Crippen LogP contribution in [-0.2, 0) is 0 Å². The monoisotopic (exact) mass is 643 g/mol. The third-order valence-corrected chi connectivity index (χ3v) is 10.8. The Morgan fingerprint density at radius 3 is 2.04 bits per heavy atom. The van der Waals surface area contributed by atoms with E-state index in [1.165, 1.54) is 36.5 Å². The first-order chi connectivity index (χ1) is 24.3. The summed E-state index contributed by atoms with van der Waals surface area (Å²) in [5.74, 6) is 0. The number of para-hydroxylation sites is 1. The van der Waals surface area contributed by atoms with Crippen LogP contribution in [0.4, 0.5) is 17.1 Å². The van der Waals surface area contributed by atoms with Gasteiger partial charge in [-0.05, 0) is 88.1 Å². The first kappa shape index (κ1) is 27.9. The summed E-state index contributed by atoms with van der Waals surface area (Å²) < 4.78 is 8.97. The number of hydrogen-bond donors (Lipinski definition) is 0. The summed E-state index contributed by atoms with van der Waals surface area (Å²) in [5, 5.41) is 7.27. The Kier molecular flexibility index (Phi) is 6.39. The third kappa shape index (κ3) is 4.62. The average molecular weight is 644 g/mol. The molecule has 0 aliphatic carbocycles. The molecule has 0 saturated heterocycles. The molecule has 0 aliphatic heterocycles. The molecule has 10 aromatic rings. The summed E-state index contributed by atoms with van der Waals surface area (Å²) >= 11 is 1.85. The van der Waals surface area contributed by atoms with Crippen molar-refractivity contribution in [2.45, 2.75) is 0 Å². The fraction of sp³-hybridized carbons (Fsp3) is 0. The molecule has 0 N–H and O–H groups in total. The molecule has 0 bridgehead atoms. The second-order valence-electron chi connectivity index (χ2n) is 12.5. The van der Waals surface area contributed by atoms with E-state index in [0.29, 0.717) is 0 Å². The quantitative estimate of drug-likeness (QED) is 0.186. The van der Waals surface area contributed by atoms with Crippen molar-refractivity contribution in [3.63, 3.8) is 0 Å². The smallest absolute Gasteiger partial charge is 0.136 e. The highest BCUT2D eigenvalue weighted by atomic mass is 32.1. The van der Waals surface area contributed by atoms with Crippen LogP contribution in [0, 0.1) is 0 Å². The van der Waals surface area contributed by atoms with Crippen LogP contribution in [0.2, 0.25) is 0 Å². The topological polar surface area (TPSA) is 16.4 Å². The van der Waals surface area contributed by atoms with Gasteiger partial charge in [0.2, 0.25) is 0 Å². The van der Waals surface area contributed by atoms with E-state index in [9.17, 15) is 0 Å². The molecule has 49 heavy (non-hydrogen) atoms. The van der Waals surface area contributed by atoms with Gasteiger partial charge in [0.15, 0.2) is 0 Å². The maximum Gasteiger partial charge on any atom is 0.136 e. The molecule has 2 nitrogen and oxygen atoms in total. The first-order valence-corrected chi connectivity index (χ1v) is 17.4. The van der Waals surface area contributed by atoms with Crippen molar-refractivity contribution in [1.82, 2.24) is 0 Å². The van der Waals surface area contributed by atoms with Gasteiger partial charge in [-0.25, -0.2) is 0 Å². The fourth-order valence-corrected chi connectivity index (χ4v) is 8.45. The van der Waals surface area contributed by atoms with Crippen LogP contribution in [0.5, 0.6) is 0 Å². The van der Waals surface area contributed by atoms with Gasteiger partial charge in [-0.1, -0.05) is 115 Å². The summed E-state index contributed by atoms with van der Waals surface area (Å²) in [6, 6.07) is 63.4. The molecule has 0 atom stereocenters. The molecular weight excluding hydrogens is 615 g/mol. The summed E-state index contributed by atoms with van der Waals surface area (Å²) in [6.07, 6.45) is 0. The maximum absolute atomic E-state index is 6.38. The maximum atomic E-state index is 6.38. The lowest BCUT2D eigenvalue weighted by Crippen LogP contribution is -2.11. The molecule has 0 saturated carbocycles. The number of nitrogens with zero attached hydrogens (tertiary/aromatic N) is 1. The van der Waals surface area contributed by atoms with E-state index in [0.717, 1.165) is 55.7 Å². The summed E-state index contributed by atoms with van der Waals surface area (Å²) in [6.45, 7) is 0. The molecule has 0 spiro atoms. The van der Waals surface area contributed by atoms with Gasteiger partial charge in [-0.3, -0.25) is 0 Å². The molecule has 0 radical (unpaired) electrons. The van der Waals surface area contributed by atoms with Crippen LogP contribution in [0.1, 0.15) is 0 Å². The van der Waals surface area contributed by atoms with Gasteiger partial charge < -0.3 is 9.32 Å². The number of benzene rings is 8. The molecule has 10 rings (SSSR count). The number of hydrogen-bond acceptors (Lipinski definition) is 3. The molecule has 230 valence electrons. The van der Waals surface area contributed by atoms with Gasteiger partial charge in [0, 0.05) is 47.9 Å². The predicted octanol–water partition coefficient (Wildman–Crippen LogP) is 13.9. The molecular formula is C46H29NOS. The highest BCUT2D eigenvalue weighted by Crippen LogP contribution is 2.47. The van der Waals surface area contributed by atoms with Gasteiger partial charge >= 0.3 is 0 Å². The Balaban J connectivity index is 1.25. The number of fused-ring (bicyclic) bond motifs is 7. The molecule has 3 heteroatoms. The van der Waals surface area contributed by atoms with Crippen molar-refractivity contribution in [1.29, 1.82) is 0 Å². The lowest BCUT2D eigenvalue weighted by molar-refractivity contribution is 0.669. The van der Waals surface area contributed by atoms with E-state index in [1.54, 1.807) is 0 Å². The highest BCUT2D eigenvalue weighted by molar-refractivity contribution is 7.25. The minimum absolute atomic E-state index is 0.893. The summed E-state index contributed by atoms with van der Waals surface area (Å²) in [7, 11) is 0. The Morgan fingerprint density at radius 1 is 0.408 bits per heavy atom. The second-order valence-corrected chi connectivity index (χ2v) is 13.6. The van der Waals surface area contributed by atoms with E-state index >= 15 is 0 Å². The van der Waals surface area contributed by atoms with Crippen LogP contribution in [0.15, 0.2) is 180 Å². The normalized spacial score (nSPS) is 11.7. The van der Waals surface area contributed by atoms with Crippen molar-refractivity contribution in [3.8, 4) is 22.3 Å². The van der Waals surface area contributed by atoms with Crippen molar-refractivity contribution < 1.29 is 4.42 Å². The zero-order chi connectivity index (χ0) is 32.3. The number of furan rings is 1. The Morgan fingerprint density at radius 2 is 1.12 bits per heavy atom. The molecule has 0 aliphatic rings. The van der Waals surface area contributed by atoms with Gasteiger partial charge in [0.25, 0.3) is 0 Å². The lowest BCUT2D eigenvalue weighted by Gasteiger charge is -2.29. The third-order valence-electron chi connectivity index (χ3n) is 9.65. The van der Waals surface area contributed by atoms with E-state index in [4.69, 9.17) is 4.42 Å². The average Bonchev–Trinajstić information content (AvgIpc) is 3.73. The SMILES string of the molecule is c1ccc(-c2c(-c3ccc4c(c3)oc3ccccc34)cccc2N(c2ccc3ccccc3c2)c2ccc3sc4ccccc4c3c2)cc1. The summed E-state index contributed by atoms with van der Waals surface area (Å²) in [5.41, 5.74) is 9.74. The van der Waals surface area contributed by atoms with E-state index in [-0.39, 0.29) is 0 Å². The zero-order valence-electron chi connectivity index (χ0n) is 26.5. The number of rotatable bonds is 5. The van der Waals surface area contributed by atoms with Crippen LogP contribution < -0.4 is 4.90 Å². The molecule has 8 aromatic carbocycles. The van der Waals surface area contributed by atoms with Crippen molar-refractivity contribution in [2.75, 3.05) is 4.90 Å². The predicted molar refractivity (Wildman–Crippen MR) is 210 cm³/mol. The van der Waals surface area contributed by atoms with Gasteiger partial charge in [0.1, 0.15) is 11.2 Å². The molecule has 2 heterocycles.